The van der Waals surface area contributed by atoms with Crippen molar-refractivity contribution in [2.45, 2.75) is 45.7 Å². The Hall–Kier alpha value is -3.15. The highest BCUT2D eigenvalue weighted by Crippen LogP contribution is 2.41. The van der Waals surface area contributed by atoms with Gasteiger partial charge in [0, 0.05) is 29.9 Å². The van der Waals surface area contributed by atoms with Crippen molar-refractivity contribution < 1.29 is 9.32 Å². The first-order valence-electron chi connectivity index (χ1n) is 10.5. The lowest BCUT2D eigenvalue weighted by atomic mass is 9.96. The predicted molar refractivity (Wildman–Crippen MR) is 115 cm³/mol. The van der Waals surface area contributed by atoms with Gasteiger partial charge in [-0.1, -0.05) is 29.4 Å². The highest BCUT2D eigenvalue weighted by Gasteiger charge is 2.47. The van der Waals surface area contributed by atoms with Gasteiger partial charge in [-0.25, -0.2) is 4.98 Å². The summed E-state index contributed by atoms with van der Waals surface area (Å²) in [4.78, 5) is 20.2. The first-order chi connectivity index (χ1) is 14.5. The molecule has 3 aromatic rings. The van der Waals surface area contributed by atoms with Gasteiger partial charge >= 0.3 is 0 Å². The van der Waals surface area contributed by atoms with E-state index in [1.54, 1.807) is 0 Å². The molecule has 0 spiro atoms. The van der Waals surface area contributed by atoms with E-state index in [1.807, 2.05) is 57.3 Å². The fourth-order valence-corrected chi connectivity index (χ4v) is 5.07. The fraction of sp³-hybridized carbons (Fsp3) is 0.375. The van der Waals surface area contributed by atoms with E-state index in [9.17, 15) is 4.79 Å². The number of pyridine rings is 1. The number of fused-ring (bicyclic) bond motifs is 2. The van der Waals surface area contributed by atoms with Gasteiger partial charge in [-0.05, 0) is 62.8 Å². The molecule has 1 aromatic carbocycles. The van der Waals surface area contributed by atoms with Crippen LogP contribution in [0.15, 0.2) is 47.1 Å². The van der Waals surface area contributed by atoms with E-state index in [0.29, 0.717) is 11.5 Å². The van der Waals surface area contributed by atoms with Crippen LogP contribution in [-0.4, -0.2) is 39.6 Å². The Morgan fingerprint density at radius 1 is 1.13 bits per heavy atom. The smallest absolute Gasteiger partial charge is 0.254 e. The van der Waals surface area contributed by atoms with E-state index in [2.05, 4.69) is 26.4 Å². The predicted octanol–water partition coefficient (Wildman–Crippen LogP) is 4.38. The van der Waals surface area contributed by atoms with E-state index in [4.69, 9.17) is 4.52 Å². The molecule has 30 heavy (non-hydrogen) atoms. The number of rotatable bonds is 4. The van der Waals surface area contributed by atoms with Crippen LogP contribution in [-0.2, 0) is 0 Å². The number of amides is 1. The molecule has 154 valence electrons. The number of piperidine rings is 1. The Balaban J connectivity index is 1.42. The van der Waals surface area contributed by atoms with Gasteiger partial charge in [0.15, 0.2) is 0 Å². The number of nitrogens with zero attached hydrogens (tertiary/aromatic N) is 3. The van der Waals surface area contributed by atoms with E-state index in [0.717, 1.165) is 53.3 Å². The Bertz CT molecular complexity index is 1070. The number of aryl methyl sites for hydroxylation is 3. The number of carbonyl (C=O) groups excluding carboxylic acids is 1. The van der Waals surface area contributed by atoms with E-state index >= 15 is 0 Å². The Labute approximate surface area is 176 Å². The van der Waals surface area contributed by atoms with Crippen LogP contribution in [0.25, 0.3) is 11.1 Å². The summed E-state index contributed by atoms with van der Waals surface area (Å²) in [6, 6.07) is 12.3. The lowest BCUT2D eigenvalue weighted by molar-refractivity contribution is 0.0693. The fourth-order valence-electron chi connectivity index (χ4n) is 5.07. The van der Waals surface area contributed by atoms with Gasteiger partial charge in [0.1, 0.15) is 11.6 Å². The summed E-state index contributed by atoms with van der Waals surface area (Å²) in [6.45, 7) is 6.66. The first-order valence-corrected chi connectivity index (χ1v) is 10.5. The van der Waals surface area contributed by atoms with Crippen LogP contribution in [0, 0.1) is 26.7 Å². The lowest BCUT2D eigenvalue weighted by Crippen LogP contribution is -2.47. The number of anilines is 1. The average Bonchev–Trinajstić information content (AvgIpc) is 3.43. The second-order valence-electron chi connectivity index (χ2n) is 8.58. The minimum atomic E-state index is 0.0847. The van der Waals surface area contributed by atoms with Crippen LogP contribution in [0.1, 0.15) is 40.2 Å². The maximum atomic E-state index is 13.6. The Morgan fingerprint density at radius 3 is 2.67 bits per heavy atom. The van der Waals surface area contributed by atoms with E-state index in [-0.39, 0.29) is 18.0 Å². The number of aromatic nitrogens is 2. The van der Waals surface area contributed by atoms with Gasteiger partial charge in [0.25, 0.3) is 5.91 Å². The zero-order valence-electron chi connectivity index (χ0n) is 17.6. The summed E-state index contributed by atoms with van der Waals surface area (Å²) in [6.07, 6.45) is 4.00. The molecule has 6 nitrogen and oxygen atoms in total. The largest absolute Gasteiger partial charge is 0.365 e. The number of carbonyl (C=O) groups is 1. The number of benzene rings is 1. The van der Waals surface area contributed by atoms with Gasteiger partial charge < -0.3 is 14.7 Å². The minimum absolute atomic E-state index is 0.0847. The van der Waals surface area contributed by atoms with Crippen LogP contribution < -0.4 is 5.32 Å². The average molecular weight is 402 g/mol. The molecule has 0 radical (unpaired) electrons. The van der Waals surface area contributed by atoms with Crippen molar-refractivity contribution in [1.29, 1.82) is 0 Å². The molecule has 1 aliphatic carbocycles. The van der Waals surface area contributed by atoms with Crippen LogP contribution in [0.4, 0.5) is 5.82 Å². The third kappa shape index (κ3) is 3.16. The Kier molecular flexibility index (Phi) is 4.57. The van der Waals surface area contributed by atoms with Gasteiger partial charge in [0.05, 0.1) is 11.7 Å². The molecule has 3 unspecified atom stereocenters. The molecule has 1 aliphatic heterocycles. The summed E-state index contributed by atoms with van der Waals surface area (Å²) >= 11 is 0. The molecule has 2 aliphatic rings. The van der Waals surface area contributed by atoms with Crippen LogP contribution in [0.5, 0.6) is 0 Å². The molecule has 1 saturated heterocycles. The summed E-state index contributed by atoms with van der Waals surface area (Å²) in [5.41, 5.74) is 4.47. The summed E-state index contributed by atoms with van der Waals surface area (Å²) < 4.78 is 5.36. The SMILES string of the molecule is Cc1ccc(NC2CC3CC2N(C(=O)c2ccccc2-c2c(C)noc2C)C3)nc1. The number of hydrogen-bond donors (Lipinski definition) is 1. The molecule has 6 heteroatoms. The molecule has 1 N–H and O–H groups in total. The van der Waals surface area contributed by atoms with Crippen molar-refractivity contribution >= 4 is 11.7 Å². The highest BCUT2D eigenvalue weighted by molar-refractivity contribution is 6.01. The number of hydrogen-bond acceptors (Lipinski definition) is 5. The van der Waals surface area contributed by atoms with Crippen molar-refractivity contribution in [3.8, 4) is 11.1 Å². The second-order valence-corrected chi connectivity index (χ2v) is 8.58. The maximum Gasteiger partial charge on any atom is 0.254 e. The Morgan fingerprint density at radius 2 is 1.97 bits per heavy atom. The topological polar surface area (TPSA) is 71.3 Å². The highest BCUT2D eigenvalue weighted by atomic mass is 16.5. The molecular weight excluding hydrogens is 376 g/mol. The maximum absolute atomic E-state index is 13.6. The zero-order chi connectivity index (χ0) is 20.8. The summed E-state index contributed by atoms with van der Waals surface area (Å²) in [7, 11) is 0. The van der Waals surface area contributed by atoms with Gasteiger partial charge in [-0.3, -0.25) is 4.79 Å². The van der Waals surface area contributed by atoms with Crippen molar-refractivity contribution in [2.75, 3.05) is 11.9 Å². The lowest BCUT2D eigenvalue weighted by Gasteiger charge is -2.34. The quantitative estimate of drug-likeness (QED) is 0.701. The third-order valence-corrected chi connectivity index (χ3v) is 6.45. The number of likely N-dealkylation sites (tertiary alicyclic amines) is 1. The van der Waals surface area contributed by atoms with Crippen molar-refractivity contribution in [2.24, 2.45) is 5.92 Å². The van der Waals surface area contributed by atoms with Crippen molar-refractivity contribution in [1.82, 2.24) is 15.0 Å². The molecule has 1 amide bonds. The monoisotopic (exact) mass is 402 g/mol. The van der Waals surface area contributed by atoms with Crippen molar-refractivity contribution in [3.63, 3.8) is 0 Å². The van der Waals surface area contributed by atoms with Crippen LogP contribution >= 0.6 is 0 Å². The van der Waals surface area contributed by atoms with Crippen LogP contribution in [0.2, 0.25) is 0 Å². The molecule has 2 fully saturated rings. The first kappa shape index (κ1) is 18.9. The van der Waals surface area contributed by atoms with Gasteiger partial charge in [0.2, 0.25) is 0 Å². The molecule has 2 bridgehead atoms. The van der Waals surface area contributed by atoms with Gasteiger partial charge in [-0.15, -0.1) is 0 Å². The second kappa shape index (κ2) is 7.27. The van der Waals surface area contributed by atoms with Gasteiger partial charge in [-0.2, -0.15) is 0 Å². The molecule has 3 atom stereocenters. The summed E-state index contributed by atoms with van der Waals surface area (Å²) in [5, 5.41) is 7.64. The third-order valence-electron chi connectivity index (χ3n) is 6.45. The van der Waals surface area contributed by atoms with E-state index in [1.165, 1.54) is 0 Å². The standard InChI is InChI=1S/C24H26N4O2/c1-14-8-9-22(25-12-14)26-20-10-17-11-21(20)28(13-17)24(29)19-7-5-4-6-18(19)23-15(2)27-30-16(23)3/h4-9,12,17,20-21H,10-11,13H2,1-3H3,(H,25,26). The molecule has 2 aromatic heterocycles. The van der Waals surface area contributed by atoms with E-state index < -0.39 is 0 Å². The molecular formula is C24H26N4O2. The molecule has 5 rings (SSSR count). The summed E-state index contributed by atoms with van der Waals surface area (Å²) in [5.74, 6) is 2.23. The molecule has 1 saturated carbocycles. The zero-order valence-corrected chi connectivity index (χ0v) is 17.6. The van der Waals surface area contributed by atoms with Crippen molar-refractivity contribution in [3.05, 3.63) is 65.2 Å². The minimum Gasteiger partial charge on any atom is -0.365 e. The van der Waals surface area contributed by atoms with Crippen LogP contribution in [0.3, 0.4) is 0 Å². The molecule has 3 heterocycles. The normalized spacial score (nSPS) is 22.5. The number of nitrogens with one attached hydrogen (secondary N) is 1.